The molecule has 0 unspecified atom stereocenters. The van der Waals surface area contributed by atoms with E-state index in [1.807, 2.05) is 30.3 Å². The molecule has 0 bridgehead atoms. The summed E-state index contributed by atoms with van der Waals surface area (Å²) in [5, 5.41) is 3.92. The molecular formula is C22H27ClN4O. The van der Waals surface area contributed by atoms with Crippen molar-refractivity contribution in [1.29, 1.82) is 0 Å². The van der Waals surface area contributed by atoms with Crippen LogP contribution in [-0.2, 0) is 0 Å². The highest BCUT2D eigenvalue weighted by Gasteiger charge is 2.20. The summed E-state index contributed by atoms with van der Waals surface area (Å²) in [6.07, 6.45) is 7.60. The lowest BCUT2D eigenvalue weighted by Crippen LogP contribution is -2.46. The SMILES string of the molecule is O=C(NC1CCCCC1)c1ccc(N2CCN(c3cccc(Cl)c3)CC2)nc1. The van der Waals surface area contributed by atoms with Crippen LogP contribution >= 0.6 is 11.6 Å². The molecule has 1 saturated carbocycles. The first kappa shape index (κ1) is 19.1. The van der Waals surface area contributed by atoms with E-state index in [-0.39, 0.29) is 5.91 Å². The third-order valence-electron chi connectivity index (χ3n) is 5.73. The molecule has 6 heteroatoms. The number of nitrogens with zero attached hydrogens (tertiary/aromatic N) is 3. The maximum atomic E-state index is 12.4. The number of pyridine rings is 1. The van der Waals surface area contributed by atoms with Crippen molar-refractivity contribution in [2.75, 3.05) is 36.0 Å². The van der Waals surface area contributed by atoms with Crippen LogP contribution in [0.3, 0.4) is 0 Å². The van der Waals surface area contributed by atoms with Gasteiger partial charge in [-0.15, -0.1) is 0 Å². The Morgan fingerprint density at radius 2 is 1.75 bits per heavy atom. The molecule has 0 spiro atoms. The Balaban J connectivity index is 1.32. The van der Waals surface area contributed by atoms with Gasteiger partial charge in [-0.3, -0.25) is 4.79 Å². The summed E-state index contributed by atoms with van der Waals surface area (Å²) in [7, 11) is 0. The average Bonchev–Trinajstić information content (AvgIpc) is 2.75. The van der Waals surface area contributed by atoms with Crippen LogP contribution in [0, 0.1) is 0 Å². The molecule has 1 aliphatic heterocycles. The van der Waals surface area contributed by atoms with E-state index in [0.29, 0.717) is 11.6 Å². The van der Waals surface area contributed by atoms with E-state index < -0.39 is 0 Å². The molecule has 1 aromatic carbocycles. The van der Waals surface area contributed by atoms with Crippen molar-refractivity contribution in [2.24, 2.45) is 0 Å². The monoisotopic (exact) mass is 398 g/mol. The summed E-state index contributed by atoms with van der Waals surface area (Å²) >= 11 is 6.11. The first-order valence-corrected chi connectivity index (χ1v) is 10.6. The largest absolute Gasteiger partial charge is 0.368 e. The Morgan fingerprint density at radius 1 is 1.00 bits per heavy atom. The van der Waals surface area contributed by atoms with Gasteiger partial charge in [-0.05, 0) is 43.2 Å². The van der Waals surface area contributed by atoms with Gasteiger partial charge in [0.2, 0.25) is 0 Å². The van der Waals surface area contributed by atoms with E-state index in [1.165, 1.54) is 19.3 Å². The number of amides is 1. The van der Waals surface area contributed by atoms with Crippen LogP contribution < -0.4 is 15.1 Å². The minimum absolute atomic E-state index is 0.00303. The van der Waals surface area contributed by atoms with Crippen LogP contribution in [0.4, 0.5) is 11.5 Å². The molecule has 1 aliphatic carbocycles. The Kier molecular flexibility index (Phi) is 6.01. The van der Waals surface area contributed by atoms with Crippen LogP contribution in [0.5, 0.6) is 0 Å². The molecule has 1 amide bonds. The standard InChI is InChI=1S/C22H27ClN4O/c23-18-5-4-8-20(15-18)26-11-13-27(14-12-26)21-10-9-17(16-24-21)22(28)25-19-6-2-1-3-7-19/h4-5,8-10,15-16,19H,1-3,6-7,11-14H2,(H,25,28). The third kappa shape index (κ3) is 4.58. The number of benzene rings is 1. The number of rotatable bonds is 4. The maximum Gasteiger partial charge on any atom is 0.253 e. The van der Waals surface area contributed by atoms with Gasteiger partial charge >= 0.3 is 0 Å². The average molecular weight is 399 g/mol. The van der Waals surface area contributed by atoms with Crippen LogP contribution in [0.1, 0.15) is 42.5 Å². The van der Waals surface area contributed by atoms with Gasteiger partial charge < -0.3 is 15.1 Å². The number of aromatic nitrogens is 1. The number of carbonyl (C=O) groups is 1. The molecule has 1 aromatic heterocycles. The second kappa shape index (κ2) is 8.82. The second-order valence-corrected chi connectivity index (χ2v) is 8.10. The van der Waals surface area contributed by atoms with Crippen molar-refractivity contribution in [1.82, 2.24) is 10.3 Å². The van der Waals surface area contributed by atoms with E-state index in [1.54, 1.807) is 6.20 Å². The van der Waals surface area contributed by atoms with E-state index in [2.05, 4.69) is 26.2 Å². The quantitative estimate of drug-likeness (QED) is 0.841. The Morgan fingerprint density at radius 3 is 2.43 bits per heavy atom. The van der Waals surface area contributed by atoms with Crippen LogP contribution in [0.25, 0.3) is 0 Å². The minimum atomic E-state index is -0.00303. The van der Waals surface area contributed by atoms with E-state index in [9.17, 15) is 4.79 Å². The smallest absolute Gasteiger partial charge is 0.253 e. The van der Waals surface area contributed by atoms with Crippen molar-refractivity contribution in [3.63, 3.8) is 0 Å². The highest BCUT2D eigenvalue weighted by atomic mass is 35.5. The van der Waals surface area contributed by atoms with Gasteiger partial charge in [-0.1, -0.05) is 36.9 Å². The van der Waals surface area contributed by atoms with E-state index in [0.717, 1.165) is 55.5 Å². The zero-order valence-electron chi connectivity index (χ0n) is 16.1. The lowest BCUT2D eigenvalue weighted by molar-refractivity contribution is 0.0927. The molecule has 28 heavy (non-hydrogen) atoms. The van der Waals surface area contributed by atoms with E-state index in [4.69, 9.17) is 11.6 Å². The Hall–Kier alpha value is -2.27. The zero-order valence-corrected chi connectivity index (χ0v) is 16.9. The molecule has 2 heterocycles. The molecule has 0 radical (unpaired) electrons. The zero-order chi connectivity index (χ0) is 19.3. The van der Waals surface area contributed by atoms with Gasteiger partial charge in [-0.25, -0.2) is 4.98 Å². The molecule has 148 valence electrons. The van der Waals surface area contributed by atoms with Crippen molar-refractivity contribution < 1.29 is 4.79 Å². The molecule has 2 fully saturated rings. The maximum absolute atomic E-state index is 12.4. The summed E-state index contributed by atoms with van der Waals surface area (Å²) in [5.41, 5.74) is 1.81. The van der Waals surface area contributed by atoms with Crippen LogP contribution in [0.15, 0.2) is 42.6 Å². The number of carbonyl (C=O) groups excluding carboxylic acids is 1. The summed E-state index contributed by atoms with van der Waals surface area (Å²) < 4.78 is 0. The molecule has 0 atom stereocenters. The summed E-state index contributed by atoms with van der Waals surface area (Å²) in [5.74, 6) is 0.927. The molecular weight excluding hydrogens is 372 g/mol. The fourth-order valence-corrected chi connectivity index (χ4v) is 4.27. The highest BCUT2D eigenvalue weighted by Crippen LogP contribution is 2.22. The third-order valence-corrected chi connectivity index (χ3v) is 5.96. The molecule has 2 aliphatic rings. The summed E-state index contributed by atoms with van der Waals surface area (Å²) in [6, 6.07) is 12.2. The van der Waals surface area contributed by atoms with Gasteiger partial charge in [0, 0.05) is 49.1 Å². The first-order chi connectivity index (χ1) is 13.7. The lowest BCUT2D eigenvalue weighted by atomic mass is 9.95. The molecule has 1 saturated heterocycles. The topological polar surface area (TPSA) is 48.5 Å². The van der Waals surface area contributed by atoms with Crippen molar-refractivity contribution in [2.45, 2.75) is 38.1 Å². The first-order valence-electron chi connectivity index (χ1n) is 10.2. The normalized spacial score (nSPS) is 18.2. The highest BCUT2D eigenvalue weighted by molar-refractivity contribution is 6.30. The number of piperazine rings is 1. The number of hydrogen-bond donors (Lipinski definition) is 1. The van der Waals surface area contributed by atoms with Crippen LogP contribution in [0.2, 0.25) is 5.02 Å². The predicted molar refractivity (Wildman–Crippen MR) is 114 cm³/mol. The predicted octanol–water partition coefficient (Wildman–Crippen LogP) is 4.12. The number of nitrogens with one attached hydrogen (secondary N) is 1. The fraction of sp³-hybridized carbons (Fsp3) is 0.455. The molecule has 2 aromatic rings. The summed E-state index contributed by atoms with van der Waals surface area (Å²) in [4.78, 5) is 21.6. The summed E-state index contributed by atoms with van der Waals surface area (Å²) in [6.45, 7) is 3.64. The molecule has 4 rings (SSSR count). The van der Waals surface area contributed by atoms with Crippen LogP contribution in [-0.4, -0.2) is 43.1 Å². The van der Waals surface area contributed by atoms with Gasteiger partial charge in [0.1, 0.15) is 5.82 Å². The van der Waals surface area contributed by atoms with Crippen molar-refractivity contribution >= 4 is 29.0 Å². The Bertz CT molecular complexity index is 796. The van der Waals surface area contributed by atoms with E-state index >= 15 is 0 Å². The van der Waals surface area contributed by atoms with Gasteiger partial charge in [0.25, 0.3) is 5.91 Å². The lowest BCUT2D eigenvalue weighted by Gasteiger charge is -2.36. The van der Waals surface area contributed by atoms with Gasteiger partial charge in [-0.2, -0.15) is 0 Å². The minimum Gasteiger partial charge on any atom is -0.368 e. The van der Waals surface area contributed by atoms with Gasteiger partial charge in [0.05, 0.1) is 5.56 Å². The number of anilines is 2. The number of hydrogen-bond acceptors (Lipinski definition) is 4. The van der Waals surface area contributed by atoms with Gasteiger partial charge in [0.15, 0.2) is 0 Å². The second-order valence-electron chi connectivity index (χ2n) is 7.67. The fourth-order valence-electron chi connectivity index (χ4n) is 4.09. The number of halogens is 1. The molecule has 5 nitrogen and oxygen atoms in total. The Labute approximate surface area is 171 Å². The van der Waals surface area contributed by atoms with Crippen molar-refractivity contribution in [3.8, 4) is 0 Å². The van der Waals surface area contributed by atoms with Crippen molar-refractivity contribution in [3.05, 3.63) is 53.2 Å². The molecule has 1 N–H and O–H groups in total.